The van der Waals surface area contributed by atoms with E-state index in [4.69, 9.17) is 5.11 Å². The van der Waals surface area contributed by atoms with E-state index in [0.29, 0.717) is 25.2 Å². The van der Waals surface area contributed by atoms with Crippen LogP contribution in [-0.2, 0) is 9.59 Å². The first-order valence-corrected chi connectivity index (χ1v) is 7.13. The molecule has 0 saturated heterocycles. The van der Waals surface area contributed by atoms with Crippen LogP contribution in [-0.4, -0.2) is 29.4 Å². The highest BCUT2D eigenvalue weighted by Crippen LogP contribution is 2.29. The molecule has 0 aromatic carbocycles. The first-order chi connectivity index (χ1) is 8.70. The highest BCUT2D eigenvalue weighted by atomic mass is 16.3. The molecule has 2 N–H and O–H groups in total. The quantitative estimate of drug-likeness (QED) is 0.778. The van der Waals surface area contributed by atoms with Gasteiger partial charge in [-0.3, -0.25) is 9.59 Å². The molecule has 4 nitrogen and oxygen atoms in total. The molecule has 0 aromatic rings. The largest absolute Gasteiger partial charge is 0.396 e. The van der Waals surface area contributed by atoms with Crippen LogP contribution in [0.4, 0.5) is 0 Å². The Kier molecular flexibility index (Phi) is 4.75. The minimum atomic E-state index is -0.109. The lowest BCUT2D eigenvalue weighted by atomic mass is 9.80. The van der Waals surface area contributed by atoms with Crippen molar-refractivity contribution in [2.75, 3.05) is 6.61 Å². The number of carbonyl (C=O) groups is 2. The van der Waals surface area contributed by atoms with Crippen LogP contribution in [0.3, 0.4) is 0 Å². The van der Waals surface area contributed by atoms with Gasteiger partial charge in [0.1, 0.15) is 5.78 Å². The fraction of sp³-hybridized carbons (Fsp3) is 0.857. The second kappa shape index (κ2) is 6.32. The van der Waals surface area contributed by atoms with Crippen molar-refractivity contribution in [3.63, 3.8) is 0 Å². The van der Waals surface area contributed by atoms with Crippen molar-refractivity contribution in [1.29, 1.82) is 0 Å². The van der Waals surface area contributed by atoms with Crippen LogP contribution in [0.5, 0.6) is 0 Å². The number of hydrogen-bond acceptors (Lipinski definition) is 3. The lowest BCUT2D eigenvalue weighted by Crippen LogP contribution is -2.47. The minimum absolute atomic E-state index is 0.0126. The van der Waals surface area contributed by atoms with E-state index in [1.807, 2.05) is 0 Å². The molecule has 2 fully saturated rings. The third kappa shape index (κ3) is 3.31. The molecule has 0 radical (unpaired) electrons. The average molecular weight is 253 g/mol. The number of aliphatic hydroxyl groups is 1. The number of ketones is 1. The van der Waals surface area contributed by atoms with Crippen LogP contribution in [0.1, 0.15) is 51.4 Å². The van der Waals surface area contributed by atoms with E-state index in [1.165, 1.54) is 19.3 Å². The fourth-order valence-corrected chi connectivity index (χ4v) is 3.08. The van der Waals surface area contributed by atoms with E-state index in [1.54, 1.807) is 0 Å². The van der Waals surface area contributed by atoms with Crippen LogP contribution in [0.25, 0.3) is 0 Å². The van der Waals surface area contributed by atoms with E-state index in [-0.39, 0.29) is 30.3 Å². The summed E-state index contributed by atoms with van der Waals surface area (Å²) in [5.41, 5.74) is 0. The molecule has 0 spiro atoms. The Bertz CT molecular complexity index is 302. The van der Waals surface area contributed by atoms with Crippen LogP contribution < -0.4 is 5.32 Å². The number of hydrogen-bond donors (Lipinski definition) is 2. The molecule has 1 atom stereocenters. The summed E-state index contributed by atoms with van der Waals surface area (Å²) in [5.74, 6) is 0.595. The fourth-order valence-electron chi connectivity index (χ4n) is 3.08. The van der Waals surface area contributed by atoms with E-state index >= 15 is 0 Å². The van der Waals surface area contributed by atoms with Crippen molar-refractivity contribution in [3.8, 4) is 0 Å². The Balaban J connectivity index is 1.84. The molecule has 102 valence electrons. The predicted octanol–water partition coefficient (Wildman–Crippen LogP) is 1.41. The minimum Gasteiger partial charge on any atom is -0.396 e. The Morgan fingerprint density at radius 3 is 2.50 bits per heavy atom. The highest BCUT2D eigenvalue weighted by molar-refractivity contribution is 5.96. The molecule has 0 bridgehead atoms. The summed E-state index contributed by atoms with van der Waals surface area (Å²) in [6.07, 6.45) is 7.48. The number of nitrogens with one attached hydrogen (secondary N) is 1. The zero-order chi connectivity index (χ0) is 13.0. The number of aliphatic hydroxyl groups excluding tert-OH is 1. The Morgan fingerprint density at radius 1 is 1.28 bits per heavy atom. The van der Waals surface area contributed by atoms with Crippen LogP contribution in [0.15, 0.2) is 0 Å². The summed E-state index contributed by atoms with van der Waals surface area (Å²) in [6, 6.07) is 0.0958. The third-order valence-corrected chi connectivity index (χ3v) is 4.31. The van der Waals surface area contributed by atoms with Gasteiger partial charge in [-0.25, -0.2) is 0 Å². The Labute approximate surface area is 108 Å². The van der Waals surface area contributed by atoms with E-state index in [9.17, 15) is 9.59 Å². The summed E-state index contributed by atoms with van der Waals surface area (Å²) in [5, 5.41) is 12.2. The Morgan fingerprint density at radius 2 is 1.94 bits per heavy atom. The molecule has 0 aliphatic heterocycles. The second-order valence-corrected chi connectivity index (χ2v) is 5.67. The number of rotatable bonds is 5. The molecule has 1 amide bonds. The standard InChI is InChI=1S/C14H23NO3/c16-7-6-13(10-4-2-1-3-5-10)15-14(18)11-8-12(17)9-11/h10-11,13,16H,1-9H2,(H,15,18). The molecule has 4 heteroatoms. The molecule has 1 unspecified atom stereocenters. The van der Waals surface area contributed by atoms with Gasteiger partial charge in [-0.2, -0.15) is 0 Å². The summed E-state index contributed by atoms with van der Waals surface area (Å²) >= 11 is 0. The molecule has 0 aromatic heterocycles. The predicted molar refractivity (Wildman–Crippen MR) is 67.9 cm³/mol. The Hall–Kier alpha value is -0.900. The van der Waals surface area contributed by atoms with Crippen LogP contribution >= 0.6 is 0 Å². The van der Waals surface area contributed by atoms with Gasteiger partial charge in [0, 0.05) is 25.5 Å². The normalized spacial score (nSPS) is 23.5. The molecular weight excluding hydrogens is 230 g/mol. The van der Waals surface area contributed by atoms with Gasteiger partial charge in [-0.05, 0) is 25.2 Å². The summed E-state index contributed by atoms with van der Waals surface area (Å²) < 4.78 is 0. The summed E-state index contributed by atoms with van der Waals surface area (Å²) in [7, 11) is 0. The molecule has 2 aliphatic carbocycles. The SMILES string of the molecule is O=C1CC(C(=O)NC(CCO)C2CCCCC2)C1. The van der Waals surface area contributed by atoms with Crippen LogP contribution in [0.2, 0.25) is 0 Å². The number of amides is 1. The maximum absolute atomic E-state index is 12.0. The van der Waals surface area contributed by atoms with Crippen molar-refractivity contribution in [2.45, 2.75) is 57.4 Å². The van der Waals surface area contributed by atoms with E-state index < -0.39 is 0 Å². The summed E-state index contributed by atoms with van der Waals surface area (Å²) in [6.45, 7) is 0.116. The number of carbonyl (C=O) groups excluding carboxylic acids is 2. The average Bonchev–Trinajstić information content (AvgIpc) is 2.35. The lowest BCUT2D eigenvalue weighted by molar-refractivity contribution is -0.138. The van der Waals surface area contributed by atoms with Gasteiger partial charge in [0.25, 0.3) is 0 Å². The first-order valence-electron chi connectivity index (χ1n) is 7.13. The molecule has 0 heterocycles. The smallest absolute Gasteiger partial charge is 0.224 e. The molecule has 2 rings (SSSR count). The van der Waals surface area contributed by atoms with Gasteiger partial charge in [0.2, 0.25) is 5.91 Å². The van der Waals surface area contributed by atoms with Gasteiger partial charge in [0.15, 0.2) is 0 Å². The van der Waals surface area contributed by atoms with Crippen molar-refractivity contribution in [3.05, 3.63) is 0 Å². The van der Waals surface area contributed by atoms with Crippen molar-refractivity contribution in [2.24, 2.45) is 11.8 Å². The summed E-state index contributed by atoms with van der Waals surface area (Å²) in [4.78, 5) is 22.9. The van der Waals surface area contributed by atoms with Gasteiger partial charge in [-0.1, -0.05) is 19.3 Å². The van der Waals surface area contributed by atoms with E-state index in [2.05, 4.69) is 5.32 Å². The van der Waals surface area contributed by atoms with Gasteiger partial charge in [0.05, 0.1) is 5.92 Å². The van der Waals surface area contributed by atoms with Crippen molar-refractivity contribution >= 4 is 11.7 Å². The first kappa shape index (κ1) is 13.5. The molecular formula is C14H23NO3. The van der Waals surface area contributed by atoms with E-state index in [0.717, 1.165) is 12.8 Å². The number of Topliss-reactive ketones (excluding diaryl/α,β-unsaturated/α-hetero) is 1. The van der Waals surface area contributed by atoms with Crippen LogP contribution in [0, 0.1) is 11.8 Å². The second-order valence-electron chi connectivity index (χ2n) is 5.67. The van der Waals surface area contributed by atoms with Crippen molar-refractivity contribution in [1.82, 2.24) is 5.32 Å². The van der Waals surface area contributed by atoms with Gasteiger partial charge < -0.3 is 10.4 Å². The molecule has 2 saturated carbocycles. The third-order valence-electron chi connectivity index (χ3n) is 4.31. The molecule has 2 aliphatic rings. The zero-order valence-electron chi connectivity index (χ0n) is 10.9. The molecule has 18 heavy (non-hydrogen) atoms. The highest BCUT2D eigenvalue weighted by Gasteiger charge is 2.34. The lowest BCUT2D eigenvalue weighted by Gasteiger charge is -2.33. The topological polar surface area (TPSA) is 66.4 Å². The zero-order valence-corrected chi connectivity index (χ0v) is 10.9. The van der Waals surface area contributed by atoms with Crippen molar-refractivity contribution < 1.29 is 14.7 Å². The maximum Gasteiger partial charge on any atom is 0.224 e. The van der Waals surface area contributed by atoms with Gasteiger partial charge in [-0.15, -0.1) is 0 Å². The maximum atomic E-state index is 12.0. The van der Waals surface area contributed by atoms with Gasteiger partial charge >= 0.3 is 0 Å². The monoisotopic (exact) mass is 253 g/mol.